The molecule has 6 nitrogen and oxygen atoms in total. The van der Waals surface area contributed by atoms with Gasteiger partial charge >= 0.3 is 0 Å². The number of amides is 1. The first kappa shape index (κ1) is 23.4. The summed E-state index contributed by atoms with van der Waals surface area (Å²) < 4.78 is 13.7. The van der Waals surface area contributed by atoms with Crippen LogP contribution in [0.5, 0.6) is 0 Å². The lowest BCUT2D eigenvalue weighted by Crippen LogP contribution is -2.41. The van der Waals surface area contributed by atoms with Gasteiger partial charge in [0.15, 0.2) is 0 Å². The molecule has 2 aromatic carbocycles. The molecule has 0 unspecified atom stereocenters. The molecule has 0 saturated carbocycles. The molecule has 35 heavy (non-hydrogen) atoms. The van der Waals surface area contributed by atoms with Crippen molar-refractivity contribution >= 4 is 27.5 Å². The predicted octanol–water partition coefficient (Wildman–Crippen LogP) is 4.36. The number of likely N-dealkylation sites (tertiary alicyclic amines) is 1. The van der Waals surface area contributed by atoms with Crippen LogP contribution in [0.15, 0.2) is 65.5 Å². The number of carbonyl (C=O) groups is 1. The summed E-state index contributed by atoms with van der Waals surface area (Å²) in [6.45, 7) is 2.49. The van der Waals surface area contributed by atoms with Crippen molar-refractivity contribution in [1.29, 1.82) is 0 Å². The summed E-state index contributed by atoms with van der Waals surface area (Å²) in [7, 11) is 0. The van der Waals surface area contributed by atoms with E-state index in [9.17, 15) is 14.0 Å². The third kappa shape index (κ3) is 5.49. The van der Waals surface area contributed by atoms with Gasteiger partial charge in [-0.05, 0) is 55.6 Å². The van der Waals surface area contributed by atoms with Crippen molar-refractivity contribution in [3.63, 3.8) is 0 Å². The normalized spacial score (nSPS) is 14.9. The van der Waals surface area contributed by atoms with Crippen molar-refractivity contribution in [2.24, 2.45) is 5.92 Å². The predicted molar refractivity (Wildman–Crippen MR) is 137 cm³/mol. The maximum absolute atomic E-state index is 13.7. The number of nitrogens with one attached hydrogen (secondary N) is 2. The van der Waals surface area contributed by atoms with Crippen molar-refractivity contribution in [3.05, 3.63) is 88.2 Å². The van der Waals surface area contributed by atoms with Crippen LogP contribution in [0.3, 0.4) is 0 Å². The second-order valence-electron chi connectivity index (χ2n) is 8.89. The van der Waals surface area contributed by atoms with Crippen LogP contribution < -0.4 is 10.9 Å². The molecule has 3 heterocycles. The number of fused-ring (bicyclic) bond motifs is 1. The lowest BCUT2D eigenvalue weighted by atomic mass is 9.96. The number of thiophene rings is 1. The summed E-state index contributed by atoms with van der Waals surface area (Å²) in [4.78, 5) is 36.9. The zero-order chi connectivity index (χ0) is 24.2. The minimum Gasteiger partial charge on any atom is -0.356 e. The van der Waals surface area contributed by atoms with Gasteiger partial charge in [-0.15, -0.1) is 11.3 Å². The zero-order valence-corrected chi connectivity index (χ0v) is 20.1. The van der Waals surface area contributed by atoms with E-state index < -0.39 is 0 Å². The largest absolute Gasteiger partial charge is 0.356 e. The first-order chi connectivity index (χ1) is 17.1. The minimum atomic E-state index is -0.237. The van der Waals surface area contributed by atoms with Gasteiger partial charge in [-0.25, -0.2) is 9.37 Å². The van der Waals surface area contributed by atoms with Crippen LogP contribution in [0.1, 0.15) is 24.2 Å². The number of carbonyl (C=O) groups excluding carboxylic acids is 1. The molecule has 1 amide bonds. The number of rotatable bonds is 7. The van der Waals surface area contributed by atoms with Crippen LogP contribution in [-0.4, -0.2) is 40.4 Å². The highest BCUT2D eigenvalue weighted by Crippen LogP contribution is 2.30. The fourth-order valence-electron chi connectivity index (χ4n) is 4.53. The number of aromatic nitrogens is 2. The lowest BCUT2D eigenvalue weighted by molar-refractivity contribution is -0.126. The highest BCUT2D eigenvalue weighted by molar-refractivity contribution is 7.21. The maximum Gasteiger partial charge on any atom is 0.259 e. The molecule has 0 atom stereocenters. The van der Waals surface area contributed by atoms with Gasteiger partial charge in [0.2, 0.25) is 5.91 Å². The molecule has 4 aromatic rings. The highest BCUT2D eigenvalue weighted by atomic mass is 32.1. The van der Waals surface area contributed by atoms with Crippen LogP contribution in [0.2, 0.25) is 0 Å². The molecule has 0 bridgehead atoms. The maximum atomic E-state index is 13.7. The molecule has 1 saturated heterocycles. The molecule has 2 aromatic heterocycles. The van der Waals surface area contributed by atoms with Gasteiger partial charge in [-0.1, -0.05) is 48.5 Å². The van der Waals surface area contributed by atoms with E-state index >= 15 is 0 Å². The fraction of sp³-hybridized carbons (Fsp3) is 0.296. The Balaban J connectivity index is 1.15. The Morgan fingerprint density at radius 2 is 1.86 bits per heavy atom. The average molecular weight is 491 g/mol. The summed E-state index contributed by atoms with van der Waals surface area (Å²) in [6, 6.07) is 18.5. The molecule has 0 spiro atoms. The van der Waals surface area contributed by atoms with Gasteiger partial charge in [0, 0.05) is 17.3 Å². The number of H-pyrrole nitrogens is 1. The number of nitrogens with zero attached hydrogens (tertiary/aromatic N) is 2. The standard InChI is InChI=1S/C27H27FN4O2S/c28-22-9-5-4-6-18(22)10-13-29-25(33)20-11-14-32(15-12-20)17-24-30-26(34)21-16-23(35-27(21)31-24)19-7-2-1-3-8-19/h1-9,16,20H,10-15,17H2,(H,29,33)(H,30,31,34). The Morgan fingerprint density at radius 1 is 1.11 bits per heavy atom. The second kappa shape index (κ2) is 10.5. The number of aromatic amines is 1. The summed E-state index contributed by atoms with van der Waals surface area (Å²) in [5.41, 5.74) is 1.57. The summed E-state index contributed by atoms with van der Waals surface area (Å²) in [5.74, 6) is 0.392. The average Bonchev–Trinajstić information content (AvgIpc) is 3.31. The third-order valence-corrected chi connectivity index (χ3v) is 7.57. The van der Waals surface area contributed by atoms with Crippen LogP contribution in [0, 0.1) is 11.7 Å². The Bertz CT molecular complexity index is 1380. The van der Waals surface area contributed by atoms with E-state index in [0.29, 0.717) is 36.3 Å². The monoisotopic (exact) mass is 490 g/mol. The summed E-state index contributed by atoms with van der Waals surface area (Å²) in [6.07, 6.45) is 1.97. The van der Waals surface area contributed by atoms with E-state index in [1.54, 1.807) is 18.2 Å². The van der Waals surface area contributed by atoms with E-state index in [1.807, 2.05) is 36.4 Å². The van der Waals surface area contributed by atoms with Gasteiger partial charge < -0.3 is 10.3 Å². The van der Waals surface area contributed by atoms with Crippen molar-refractivity contribution in [2.45, 2.75) is 25.8 Å². The van der Waals surface area contributed by atoms with E-state index in [0.717, 1.165) is 41.2 Å². The van der Waals surface area contributed by atoms with Crippen LogP contribution in [-0.2, 0) is 17.8 Å². The lowest BCUT2D eigenvalue weighted by Gasteiger charge is -2.30. The van der Waals surface area contributed by atoms with Crippen molar-refractivity contribution < 1.29 is 9.18 Å². The zero-order valence-electron chi connectivity index (χ0n) is 19.3. The number of halogens is 1. The van der Waals surface area contributed by atoms with Gasteiger partial charge in [-0.2, -0.15) is 0 Å². The topological polar surface area (TPSA) is 78.1 Å². The number of hydrogen-bond acceptors (Lipinski definition) is 5. The molecule has 1 aliphatic heterocycles. The quantitative estimate of drug-likeness (QED) is 0.404. The molecule has 2 N–H and O–H groups in total. The van der Waals surface area contributed by atoms with Crippen molar-refractivity contribution in [3.8, 4) is 10.4 Å². The fourth-order valence-corrected chi connectivity index (χ4v) is 5.58. The molecule has 0 radical (unpaired) electrons. The van der Waals surface area contributed by atoms with Crippen molar-refractivity contribution in [2.75, 3.05) is 19.6 Å². The molecule has 180 valence electrons. The Morgan fingerprint density at radius 3 is 2.63 bits per heavy atom. The Hall–Kier alpha value is -3.36. The van der Waals surface area contributed by atoms with E-state index in [4.69, 9.17) is 4.98 Å². The molecule has 1 fully saturated rings. The van der Waals surface area contributed by atoms with Gasteiger partial charge in [0.1, 0.15) is 16.5 Å². The molecule has 8 heteroatoms. The van der Waals surface area contributed by atoms with Crippen LogP contribution in [0.4, 0.5) is 4.39 Å². The van der Waals surface area contributed by atoms with Crippen molar-refractivity contribution in [1.82, 2.24) is 20.2 Å². The minimum absolute atomic E-state index is 0.0287. The molecule has 5 rings (SSSR count). The first-order valence-electron chi connectivity index (χ1n) is 11.9. The number of piperidine rings is 1. The SMILES string of the molecule is O=C(NCCc1ccccc1F)C1CCN(Cc2nc3sc(-c4ccccc4)cc3c(=O)[nH]2)CC1. The first-order valence-corrected chi connectivity index (χ1v) is 12.7. The molecule has 0 aliphatic carbocycles. The van der Waals surface area contributed by atoms with Crippen LogP contribution >= 0.6 is 11.3 Å². The second-order valence-corrected chi connectivity index (χ2v) is 9.92. The van der Waals surface area contributed by atoms with E-state index in [-0.39, 0.29) is 23.2 Å². The van der Waals surface area contributed by atoms with Gasteiger partial charge in [-0.3, -0.25) is 14.5 Å². The van der Waals surface area contributed by atoms with E-state index in [2.05, 4.69) is 15.2 Å². The Kier molecular flexibility index (Phi) is 7.01. The molecular weight excluding hydrogens is 463 g/mol. The molecular formula is C27H27FN4O2S. The number of hydrogen-bond donors (Lipinski definition) is 2. The summed E-state index contributed by atoms with van der Waals surface area (Å²) in [5, 5.41) is 3.57. The van der Waals surface area contributed by atoms with Gasteiger partial charge in [0.05, 0.1) is 11.9 Å². The van der Waals surface area contributed by atoms with Crippen LogP contribution in [0.25, 0.3) is 20.7 Å². The highest BCUT2D eigenvalue weighted by Gasteiger charge is 2.25. The van der Waals surface area contributed by atoms with Gasteiger partial charge in [0.25, 0.3) is 5.56 Å². The number of benzene rings is 2. The van der Waals surface area contributed by atoms with E-state index in [1.165, 1.54) is 17.4 Å². The summed E-state index contributed by atoms with van der Waals surface area (Å²) >= 11 is 1.53. The molecule has 1 aliphatic rings. The smallest absolute Gasteiger partial charge is 0.259 e. The Labute approximate surface area is 206 Å². The third-order valence-electron chi connectivity index (χ3n) is 6.49.